The maximum absolute atomic E-state index is 7.23. The molecule has 16 heteroatoms. The van der Waals surface area contributed by atoms with Gasteiger partial charge in [-0.1, -0.05) is 166 Å². The lowest BCUT2D eigenvalue weighted by Crippen LogP contribution is -2.61. The molecule has 30 aliphatic rings. The molecule has 40 atom stereocenters. The molecule has 88 heavy (non-hydrogen) atoms. The Morgan fingerprint density at radius 1 is 0.136 bits per heavy atom. The molecule has 0 aromatic carbocycles. The summed E-state index contributed by atoms with van der Waals surface area (Å²) in [5.74, 6) is 1.33. The second-order valence-electron chi connectivity index (χ2n) is 30.2. The summed E-state index contributed by atoms with van der Waals surface area (Å²) in [5, 5.41) is 0. The van der Waals surface area contributed by atoms with E-state index in [1.54, 1.807) is 0 Å². The predicted octanol–water partition coefficient (Wildman–Crippen LogP) is 14.3. The lowest BCUT2D eigenvalue weighted by atomic mass is 9.80. The van der Waals surface area contributed by atoms with Crippen LogP contribution in [0.25, 0.3) is 0 Å². The lowest BCUT2D eigenvalue weighted by Gasteiger charge is -2.53. The van der Waals surface area contributed by atoms with Crippen molar-refractivity contribution >= 4 is 0 Å². The fourth-order valence-corrected chi connectivity index (χ4v) is 16.9. The Morgan fingerprint density at radius 3 is 0.307 bits per heavy atom. The summed E-state index contributed by atoms with van der Waals surface area (Å²) in [6.07, 6.45) is -0.261. The molecule has 30 heterocycles. The Bertz CT molecular complexity index is 1680. The number of hydrogen-bond donors (Lipinski definition) is 0. The third-order valence-electron chi connectivity index (χ3n) is 25.2. The number of hydrogen-bond acceptors (Lipinski definition) is 16. The van der Waals surface area contributed by atoms with E-state index in [0.29, 0.717) is 0 Å². The first-order valence-electron chi connectivity index (χ1n) is 36.4. The monoisotopic (exact) mass is 1250 g/mol. The highest BCUT2D eigenvalue weighted by Gasteiger charge is 2.57. The summed E-state index contributed by atoms with van der Waals surface area (Å²) in [7, 11) is 0. The van der Waals surface area contributed by atoms with E-state index in [-0.39, 0.29) is 192 Å². The molecule has 24 unspecified atom stereocenters. The fraction of sp³-hybridized carbons (Fsp3) is 1.00. The highest BCUT2D eigenvalue weighted by atomic mass is 16.8. The molecular formula is C72H128O16. The zero-order valence-corrected chi connectivity index (χ0v) is 59.3. The van der Waals surface area contributed by atoms with Crippen LogP contribution in [0.1, 0.15) is 218 Å². The zero-order valence-electron chi connectivity index (χ0n) is 59.3. The topological polar surface area (TPSA) is 148 Å². The summed E-state index contributed by atoms with van der Waals surface area (Å²) in [6.45, 7) is 53.9. The summed E-state index contributed by atoms with van der Waals surface area (Å²) in [5.41, 5.74) is 0. The molecule has 512 valence electrons. The molecular weight excluding hydrogens is 1120 g/mol. The van der Waals surface area contributed by atoms with Crippen LogP contribution in [-0.4, -0.2) is 148 Å². The third-order valence-corrected chi connectivity index (χ3v) is 25.2. The predicted molar refractivity (Wildman–Crippen MR) is 337 cm³/mol. The van der Waals surface area contributed by atoms with E-state index in [2.05, 4.69) is 166 Å². The van der Waals surface area contributed by atoms with E-state index in [1.165, 1.54) is 0 Å². The molecule has 30 aliphatic heterocycles. The van der Waals surface area contributed by atoms with Gasteiger partial charge in [-0.15, -0.1) is 0 Å². The van der Waals surface area contributed by atoms with Crippen molar-refractivity contribution in [2.24, 2.45) is 94.7 Å². The summed E-state index contributed by atoms with van der Waals surface area (Å²) < 4.78 is 114. The van der Waals surface area contributed by atoms with Crippen molar-refractivity contribution in [2.75, 3.05) is 0 Å². The quantitative estimate of drug-likeness (QED) is 0.227. The first-order valence-corrected chi connectivity index (χ1v) is 36.4. The van der Waals surface area contributed by atoms with Crippen LogP contribution < -0.4 is 0 Å². The largest absolute Gasteiger partial charge is 0.346 e. The molecule has 30 saturated heterocycles. The van der Waals surface area contributed by atoms with E-state index in [4.69, 9.17) is 75.8 Å². The Labute approximate surface area is 533 Å². The normalized spacial score (nSPS) is 55.4. The minimum Gasteiger partial charge on any atom is -0.346 e. The second kappa shape index (κ2) is 30.6. The van der Waals surface area contributed by atoms with Gasteiger partial charge in [0, 0.05) is 47.3 Å². The first kappa shape index (κ1) is 71.6. The average molecular weight is 1250 g/mol. The van der Waals surface area contributed by atoms with Crippen molar-refractivity contribution < 1.29 is 75.8 Å². The van der Waals surface area contributed by atoms with Crippen LogP contribution in [0.15, 0.2) is 0 Å². The number of rotatable bonds is 8. The molecule has 16 bridgehead atoms. The van der Waals surface area contributed by atoms with Gasteiger partial charge >= 0.3 is 0 Å². The minimum atomic E-state index is -0.431. The molecule has 0 aliphatic carbocycles. The average Bonchev–Trinajstić information content (AvgIpc) is 0.985. The van der Waals surface area contributed by atoms with Crippen molar-refractivity contribution in [3.05, 3.63) is 0 Å². The van der Waals surface area contributed by atoms with Gasteiger partial charge in [-0.25, -0.2) is 0 Å². The fourth-order valence-electron chi connectivity index (χ4n) is 16.9. The molecule has 0 spiro atoms. The molecule has 0 aromatic rings. The van der Waals surface area contributed by atoms with Gasteiger partial charge < -0.3 is 75.8 Å². The van der Waals surface area contributed by atoms with Crippen molar-refractivity contribution in [3.63, 3.8) is 0 Å². The van der Waals surface area contributed by atoms with Crippen molar-refractivity contribution in [1.82, 2.24) is 0 Å². The van der Waals surface area contributed by atoms with E-state index < -0.39 is 50.3 Å². The van der Waals surface area contributed by atoms with Crippen LogP contribution in [0.4, 0.5) is 0 Å². The SMILES string of the molecule is CCC1O[C@@H]2O[C@@H]3C(CC)O[C@H](O[C@@H]4C(CC)O[C@H](O[C@@H]5C(CC)O[C@H](O[C@@H]6C(CC)O[C@@H](O[C@@H]7C(CC)O[C@H](O[C@@H]8C(CC)O[C@H](O[C@@H]9C(CC)O[C@H](O[C@H]1C(C)C2C)C(C)C9C)C(C)C8C)C(C)C7C)C(C)C6C)C(C)C5C)C(C)C4C)C(C)C3C. The van der Waals surface area contributed by atoms with Gasteiger partial charge in [0.25, 0.3) is 0 Å². The van der Waals surface area contributed by atoms with Crippen LogP contribution in [0.3, 0.4) is 0 Å². The van der Waals surface area contributed by atoms with Crippen LogP contribution >= 0.6 is 0 Å². The van der Waals surface area contributed by atoms with Gasteiger partial charge in [0.05, 0.1) is 97.7 Å². The highest BCUT2D eigenvalue weighted by Crippen LogP contribution is 2.49. The van der Waals surface area contributed by atoms with Crippen molar-refractivity contribution in [2.45, 2.75) is 366 Å². The Kier molecular flexibility index (Phi) is 24.9. The van der Waals surface area contributed by atoms with Crippen molar-refractivity contribution in [3.8, 4) is 0 Å². The van der Waals surface area contributed by atoms with Crippen molar-refractivity contribution in [1.29, 1.82) is 0 Å². The van der Waals surface area contributed by atoms with Crippen LogP contribution in [-0.2, 0) is 75.8 Å². The molecule has 0 radical (unpaired) electrons. The van der Waals surface area contributed by atoms with Crippen LogP contribution in [0.5, 0.6) is 0 Å². The standard InChI is InChI=1S/C72H128O16/c1-25-49-57-33(9)41(17)65(73-49)82-58-35(11)43(19)67(75-50(58)26-2)84-60-37(13)45(21)69(77-52(60)28-4)86-62-39(15)47(23)71(79-54(62)30-6)88-64-40(16)48(24)72(80-56(64)32-8)87-63-38(14)46(22)70(78-55(63)31-7)85-61-36(12)44(20)68(76-53(61)29-5)83-59-34(10)42(18)66(81-57)74-51(59)27-3/h33-72H,25-32H2,1-24H3/t33?,34?,35?,36?,37?,38?,39?,40?,41?,42?,43?,44?,45?,46?,47?,48?,49?,50?,51?,52?,53?,54?,55?,56?,57-,58-,59-,60-,61-,62-,63-,64-,65-,66+,67+,68+,69+,70+,71+,72+/m0/s1. The first-order chi connectivity index (χ1) is 41.9. The highest BCUT2D eigenvalue weighted by molar-refractivity contribution is 4.98. The summed E-state index contributed by atoms with van der Waals surface area (Å²) in [6, 6.07) is 0. The van der Waals surface area contributed by atoms with E-state index in [9.17, 15) is 0 Å². The van der Waals surface area contributed by atoms with Gasteiger partial charge in [-0.2, -0.15) is 0 Å². The maximum Gasteiger partial charge on any atom is 0.161 e. The smallest absolute Gasteiger partial charge is 0.161 e. The Hall–Kier alpha value is -0.640. The third kappa shape index (κ3) is 14.1. The molecule has 0 saturated carbocycles. The van der Waals surface area contributed by atoms with Gasteiger partial charge in [-0.05, 0) is 98.7 Å². The zero-order chi connectivity index (χ0) is 64.1. The van der Waals surface area contributed by atoms with E-state index in [0.717, 1.165) is 51.4 Å². The number of ether oxygens (including phenoxy) is 16. The molecule has 0 aromatic heterocycles. The summed E-state index contributed by atoms with van der Waals surface area (Å²) in [4.78, 5) is 0. The van der Waals surface area contributed by atoms with E-state index >= 15 is 0 Å². The van der Waals surface area contributed by atoms with Gasteiger partial charge in [0.15, 0.2) is 50.3 Å². The van der Waals surface area contributed by atoms with Gasteiger partial charge in [0.2, 0.25) is 0 Å². The molecule has 16 nitrogen and oxygen atoms in total. The van der Waals surface area contributed by atoms with Crippen LogP contribution in [0, 0.1) is 94.7 Å². The molecule has 30 fully saturated rings. The molecule has 30 rings (SSSR count). The van der Waals surface area contributed by atoms with Gasteiger partial charge in [0.1, 0.15) is 0 Å². The second-order valence-corrected chi connectivity index (χ2v) is 30.2. The summed E-state index contributed by atoms with van der Waals surface area (Å²) >= 11 is 0. The Balaban J connectivity index is 0.975. The lowest BCUT2D eigenvalue weighted by molar-refractivity contribution is -0.376. The maximum atomic E-state index is 7.23. The minimum absolute atomic E-state index is 0.0418. The Morgan fingerprint density at radius 2 is 0.227 bits per heavy atom. The van der Waals surface area contributed by atoms with E-state index in [1.807, 2.05) is 0 Å². The van der Waals surface area contributed by atoms with Crippen LogP contribution in [0.2, 0.25) is 0 Å². The van der Waals surface area contributed by atoms with Gasteiger partial charge in [-0.3, -0.25) is 0 Å². The molecule has 0 N–H and O–H groups in total. The molecule has 0 amide bonds.